The van der Waals surface area contributed by atoms with E-state index in [1.165, 1.54) is 0 Å². The molecule has 20 heavy (non-hydrogen) atoms. The Morgan fingerprint density at radius 3 is 2.75 bits per heavy atom. The molecule has 1 heterocycles. The molecule has 0 aliphatic carbocycles. The maximum absolute atomic E-state index is 11.6. The first-order valence-corrected chi connectivity index (χ1v) is 7.06. The maximum Gasteiger partial charge on any atom is 0.236 e. The Balaban J connectivity index is 2.13. The number of hydrogen-bond donors (Lipinski definition) is 0. The highest BCUT2D eigenvalue weighted by Gasteiger charge is 2.20. The smallest absolute Gasteiger partial charge is 0.236 e. The number of aromatic nitrogens is 2. The van der Waals surface area contributed by atoms with Crippen LogP contribution in [0.15, 0.2) is 22.7 Å². The lowest BCUT2D eigenvalue weighted by molar-refractivity contribution is -0.120. The molecule has 4 nitrogen and oxygen atoms in total. The molecule has 0 aliphatic heterocycles. The van der Waals surface area contributed by atoms with E-state index < -0.39 is 0 Å². The lowest BCUT2D eigenvalue weighted by Crippen LogP contribution is -2.07. The number of rotatable bonds is 5. The van der Waals surface area contributed by atoms with Crippen LogP contribution in [-0.2, 0) is 11.2 Å². The Morgan fingerprint density at radius 1 is 1.35 bits per heavy atom. The molecule has 0 spiro atoms. The first-order valence-electron chi connectivity index (χ1n) is 6.30. The molecule has 1 unspecified atom stereocenters. The minimum atomic E-state index is -0.366. The Bertz CT molecular complexity index is 625. The number of hydrogen-bond acceptors (Lipinski definition) is 4. The molecule has 106 valence electrons. The Morgan fingerprint density at radius 2 is 2.10 bits per heavy atom. The first kappa shape index (κ1) is 15.0. The van der Waals surface area contributed by atoms with Crippen molar-refractivity contribution >= 4 is 29.0 Å². The molecular weight excluding hydrogens is 299 g/mol. The summed E-state index contributed by atoms with van der Waals surface area (Å²) in [6.45, 7) is 3.58. The second kappa shape index (κ2) is 6.37. The summed E-state index contributed by atoms with van der Waals surface area (Å²) >= 11 is 11.8. The molecule has 2 rings (SSSR count). The first-order chi connectivity index (χ1) is 9.51. The van der Waals surface area contributed by atoms with E-state index in [0.29, 0.717) is 34.6 Å². The molecule has 2 aromatic rings. The lowest BCUT2D eigenvalue weighted by Gasteiger charge is -2.01. The van der Waals surface area contributed by atoms with Crippen molar-refractivity contribution in [1.82, 2.24) is 10.1 Å². The van der Waals surface area contributed by atoms with Gasteiger partial charge >= 0.3 is 0 Å². The molecule has 1 aromatic heterocycles. The fraction of sp³-hybridized carbons (Fsp3) is 0.357. The van der Waals surface area contributed by atoms with Crippen LogP contribution in [0.3, 0.4) is 0 Å². The van der Waals surface area contributed by atoms with Crippen LogP contribution < -0.4 is 0 Å². The molecule has 0 bridgehead atoms. The lowest BCUT2D eigenvalue weighted by atomic mass is 10.1. The fourth-order valence-corrected chi connectivity index (χ4v) is 2.11. The molecule has 0 radical (unpaired) electrons. The standard InChI is InChI=1S/C14H14Cl2N2O2/c1-3-12(19)8(2)14-17-13(18-20-14)7-9-4-5-10(15)11(16)6-9/h4-6,8H,3,7H2,1-2H3. The van der Waals surface area contributed by atoms with Gasteiger partial charge in [0.1, 0.15) is 5.78 Å². The molecule has 0 aliphatic rings. The third-order valence-electron chi connectivity index (χ3n) is 3.03. The number of ketones is 1. The molecule has 0 saturated carbocycles. The average molecular weight is 313 g/mol. The minimum absolute atomic E-state index is 0.0785. The van der Waals surface area contributed by atoms with Gasteiger partial charge in [0.15, 0.2) is 5.82 Å². The predicted octanol–water partition coefficient (Wildman–Crippen LogP) is 4.05. The van der Waals surface area contributed by atoms with Crippen LogP contribution in [0.2, 0.25) is 10.0 Å². The van der Waals surface area contributed by atoms with Gasteiger partial charge in [-0.2, -0.15) is 4.98 Å². The monoisotopic (exact) mass is 312 g/mol. The van der Waals surface area contributed by atoms with E-state index in [2.05, 4.69) is 10.1 Å². The van der Waals surface area contributed by atoms with E-state index in [0.717, 1.165) is 5.56 Å². The van der Waals surface area contributed by atoms with Crippen molar-refractivity contribution in [2.45, 2.75) is 32.6 Å². The van der Waals surface area contributed by atoms with Crippen molar-refractivity contribution in [1.29, 1.82) is 0 Å². The van der Waals surface area contributed by atoms with Crippen LogP contribution in [0, 0.1) is 0 Å². The van der Waals surface area contributed by atoms with Crippen molar-refractivity contribution in [3.63, 3.8) is 0 Å². The fourth-order valence-electron chi connectivity index (χ4n) is 1.79. The number of halogens is 2. The van der Waals surface area contributed by atoms with Gasteiger partial charge in [-0.1, -0.05) is 41.3 Å². The largest absolute Gasteiger partial charge is 0.339 e. The van der Waals surface area contributed by atoms with Crippen LogP contribution in [0.4, 0.5) is 0 Å². The zero-order chi connectivity index (χ0) is 14.7. The van der Waals surface area contributed by atoms with Crippen LogP contribution in [0.5, 0.6) is 0 Å². The van der Waals surface area contributed by atoms with E-state index in [-0.39, 0.29) is 11.7 Å². The molecular formula is C14H14Cl2N2O2. The van der Waals surface area contributed by atoms with Crippen molar-refractivity contribution in [3.8, 4) is 0 Å². The van der Waals surface area contributed by atoms with Crippen LogP contribution >= 0.6 is 23.2 Å². The van der Waals surface area contributed by atoms with Gasteiger partial charge in [0.25, 0.3) is 0 Å². The summed E-state index contributed by atoms with van der Waals surface area (Å²) < 4.78 is 5.13. The molecule has 6 heteroatoms. The van der Waals surface area contributed by atoms with Crippen molar-refractivity contribution in [2.75, 3.05) is 0 Å². The summed E-state index contributed by atoms with van der Waals surface area (Å²) in [7, 11) is 0. The summed E-state index contributed by atoms with van der Waals surface area (Å²) in [4.78, 5) is 15.9. The van der Waals surface area contributed by atoms with Gasteiger partial charge in [0, 0.05) is 12.8 Å². The summed E-state index contributed by atoms with van der Waals surface area (Å²) in [5.41, 5.74) is 0.932. The van der Waals surface area contributed by atoms with Gasteiger partial charge in [-0.3, -0.25) is 4.79 Å². The van der Waals surface area contributed by atoms with Crippen LogP contribution in [-0.4, -0.2) is 15.9 Å². The molecule has 0 amide bonds. The Labute approximate surface area is 127 Å². The summed E-state index contributed by atoms with van der Waals surface area (Å²) in [5.74, 6) is 0.589. The quantitative estimate of drug-likeness (QED) is 0.835. The van der Waals surface area contributed by atoms with Gasteiger partial charge in [-0.05, 0) is 24.6 Å². The number of carbonyl (C=O) groups excluding carboxylic acids is 1. The topological polar surface area (TPSA) is 56.0 Å². The van der Waals surface area contributed by atoms with Gasteiger partial charge < -0.3 is 4.52 Å². The second-order valence-corrected chi connectivity index (χ2v) is 5.33. The zero-order valence-corrected chi connectivity index (χ0v) is 12.7. The highest BCUT2D eigenvalue weighted by molar-refractivity contribution is 6.42. The molecule has 1 atom stereocenters. The predicted molar refractivity (Wildman–Crippen MR) is 77.3 cm³/mol. The number of carbonyl (C=O) groups is 1. The highest BCUT2D eigenvalue weighted by Crippen LogP contribution is 2.24. The van der Waals surface area contributed by atoms with Crippen LogP contribution in [0.25, 0.3) is 0 Å². The molecule has 1 aromatic carbocycles. The number of benzene rings is 1. The molecule has 0 N–H and O–H groups in total. The second-order valence-electron chi connectivity index (χ2n) is 4.52. The average Bonchev–Trinajstić information content (AvgIpc) is 2.89. The Kier molecular flexibility index (Phi) is 4.78. The highest BCUT2D eigenvalue weighted by atomic mass is 35.5. The molecule has 0 fully saturated rings. The number of nitrogens with zero attached hydrogens (tertiary/aromatic N) is 2. The number of Topliss-reactive ketones (excluding diaryl/α,β-unsaturated/α-hetero) is 1. The van der Waals surface area contributed by atoms with Gasteiger partial charge in [0.05, 0.1) is 16.0 Å². The normalized spacial score (nSPS) is 12.4. The van der Waals surface area contributed by atoms with E-state index in [1.54, 1.807) is 19.1 Å². The van der Waals surface area contributed by atoms with Crippen molar-refractivity contribution in [2.24, 2.45) is 0 Å². The van der Waals surface area contributed by atoms with Gasteiger partial charge in [0.2, 0.25) is 5.89 Å². The van der Waals surface area contributed by atoms with Crippen molar-refractivity contribution < 1.29 is 9.32 Å². The summed E-state index contributed by atoms with van der Waals surface area (Å²) in [5, 5.41) is 4.88. The third kappa shape index (κ3) is 3.38. The van der Waals surface area contributed by atoms with Crippen LogP contribution in [0.1, 0.15) is 43.5 Å². The van der Waals surface area contributed by atoms with E-state index in [9.17, 15) is 4.79 Å². The summed E-state index contributed by atoms with van der Waals surface area (Å²) in [6, 6.07) is 5.34. The van der Waals surface area contributed by atoms with Crippen molar-refractivity contribution in [3.05, 3.63) is 45.5 Å². The van der Waals surface area contributed by atoms with Gasteiger partial charge in [-0.15, -0.1) is 0 Å². The van der Waals surface area contributed by atoms with E-state index >= 15 is 0 Å². The Hall–Kier alpha value is -1.39. The maximum atomic E-state index is 11.6. The zero-order valence-electron chi connectivity index (χ0n) is 11.2. The SMILES string of the molecule is CCC(=O)C(C)c1nc(Cc2ccc(Cl)c(Cl)c2)no1. The van der Waals surface area contributed by atoms with E-state index in [1.807, 2.05) is 13.0 Å². The summed E-state index contributed by atoms with van der Waals surface area (Å²) in [6.07, 6.45) is 0.930. The minimum Gasteiger partial charge on any atom is -0.339 e. The van der Waals surface area contributed by atoms with E-state index in [4.69, 9.17) is 27.7 Å². The third-order valence-corrected chi connectivity index (χ3v) is 3.77. The van der Waals surface area contributed by atoms with Gasteiger partial charge in [-0.25, -0.2) is 0 Å². The molecule has 0 saturated heterocycles.